The molecule has 2 N–H and O–H groups in total. The zero-order valence-corrected chi connectivity index (χ0v) is 10.8. The number of nitrogens with zero attached hydrogens (tertiary/aromatic N) is 3. The largest absolute Gasteiger partial charge is 0.325 e. The van der Waals surface area contributed by atoms with Crippen molar-refractivity contribution in [1.82, 2.24) is 15.0 Å². The quantitative estimate of drug-likeness (QED) is 0.886. The molecule has 0 spiro atoms. The first kappa shape index (κ1) is 12.7. The van der Waals surface area contributed by atoms with E-state index in [0.29, 0.717) is 6.54 Å². The van der Waals surface area contributed by atoms with E-state index in [1.807, 2.05) is 0 Å². The summed E-state index contributed by atoms with van der Waals surface area (Å²) in [7, 11) is 0. The number of hydrogen-bond acceptors (Lipinski definition) is 3. The smallest absolute Gasteiger partial charge is 0.123 e. The van der Waals surface area contributed by atoms with E-state index in [-0.39, 0.29) is 11.2 Å². The predicted molar refractivity (Wildman–Crippen MR) is 67.9 cm³/mol. The van der Waals surface area contributed by atoms with Crippen LogP contribution in [-0.4, -0.2) is 15.0 Å². The molecule has 5 heteroatoms. The van der Waals surface area contributed by atoms with Crippen molar-refractivity contribution in [2.24, 2.45) is 5.73 Å². The minimum Gasteiger partial charge on any atom is -0.325 e. The Morgan fingerprint density at radius 1 is 1.22 bits per heavy atom. The van der Waals surface area contributed by atoms with Crippen LogP contribution in [0, 0.1) is 5.82 Å². The molecule has 0 saturated heterocycles. The van der Waals surface area contributed by atoms with Crippen molar-refractivity contribution in [3.63, 3.8) is 0 Å². The maximum absolute atomic E-state index is 12.9. The molecule has 1 heterocycles. The first-order valence-electron chi connectivity index (χ1n) is 5.84. The molecule has 2 aromatic rings. The Kier molecular flexibility index (Phi) is 3.17. The summed E-state index contributed by atoms with van der Waals surface area (Å²) < 4.78 is 14.7. The third-order valence-electron chi connectivity index (χ3n) is 2.71. The van der Waals surface area contributed by atoms with Gasteiger partial charge in [0.2, 0.25) is 0 Å². The number of rotatable bonds is 2. The van der Waals surface area contributed by atoms with Gasteiger partial charge in [-0.15, -0.1) is 5.10 Å². The van der Waals surface area contributed by atoms with Crippen LogP contribution in [0.5, 0.6) is 0 Å². The number of benzene rings is 1. The molecule has 0 saturated carbocycles. The molecule has 18 heavy (non-hydrogen) atoms. The number of aromatic nitrogens is 3. The summed E-state index contributed by atoms with van der Waals surface area (Å²) in [4.78, 5) is 0. The third kappa shape index (κ3) is 2.26. The average Bonchev–Trinajstić information content (AvgIpc) is 2.73. The first-order valence-corrected chi connectivity index (χ1v) is 5.84. The lowest BCUT2D eigenvalue weighted by Crippen LogP contribution is -2.20. The molecule has 0 amide bonds. The number of hydrogen-bond donors (Lipinski definition) is 1. The van der Waals surface area contributed by atoms with Crippen molar-refractivity contribution >= 4 is 0 Å². The van der Waals surface area contributed by atoms with Crippen LogP contribution in [0.1, 0.15) is 32.2 Å². The third-order valence-corrected chi connectivity index (χ3v) is 2.71. The summed E-state index contributed by atoms with van der Waals surface area (Å²) in [6.07, 6.45) is 0. The average molecular weight is 248 g/mol. The van der Waals surface area contributed by atoms with Crippen LogP contribution in [0.25, 0.3) is 5.69 Å². The van der Waals surface area contributed by atoms with Crippen LogP contribution < -0.4 is 5.73 Å². The van der Waals surface area contributed by atoms with Gasteiger partial charge in [0, 0.05) is 12.0 Å². The van der Waals surface area contributed by atoms with Gasteiger partial charge in [0.1, 0.15) is 11.5 Å². The Balaban J connectivity index is 2.58. The second-order valence-corrected chi connectivity index (χ2v) is 5.23. The maximum Gasteiger partial charge on any atom is 0.123 e. The molecular formula is C13H17FN4. The van der Waals surface area contributed by atoms with E-state index in [0.717, 1.165) is 17.1 Å². The number of halogens is 1. The molecule has 0 radical (unpaired) electrons. The lowest BCUT2D eigenvalue weighted by Gasteiger charge is -2.21. The van der Waals surface area contributed by atoms with E-state index in [9.17, 15) is 4.39 Å². The SMILES string of the molecule is CC(C)(C)c1c(CN)nnn1-c1ccc(F)cc1. The van der Waals surface area contributed by atoms with Crippen molar-refractivity contribution < 1.29 is 4.39 Å². The minimum atomic E-state index is -0.268. The van der Waals surface area contributed by atoms with E-state index in [1.165, 1.54) is 12.1 Å². The Morgan fingerprint density at radius 3 is 2.33 bits per heavy atom. The Labute approximate surface area is 106 Å². The van der Waals surface area contributed by atoms with Gasteiger partial charge in [0.05, 0.1) is 11.4 Å². The summed E-state index contributed by atoms with van der Waals surface area (Å²) >= 11 is 0. The molecule has 0 fully saturated rings. The fourth-order valence-electron chi connectivity index (χ4n) is 1.96. The van der Waals surface area contributed by atoms with Crippen molar-refractivity contribution in [3.05, 3.63) is 41.5 Å². The van der Waals surface area contributed by atoms with Gasteiger partial charge in [0.25, 0.3) is 0 Å². The van der Waals surface area contributed by atoms with Gasteiger partial charge in [-0.05, 0) is 24.3 Å². The Hall–Kier alpha value is -1.75. The predicted octanol–water partition coefficient (Wildman–Crippen LogP) is 2.16. The van der Waals surface area contributed by atoms with Gasteiger partial charge >= 0.3 is 0 Å². The van der Waals surface area contributed by atoms with Crippen LogP contribution in [0.4, 0.5) is 4.39 Å². The van der Waals surface area contributed by atoms with Crippen LogP contribution in [0.2, 0.25) is 0 Å². The summed E-state index contributed by atoms with van der Waals surface area (Å²) in [5.74, 6) is -0.268. The van der Waals surface area contributed by atoms with Gasteiger partial charge in [-0.25, -0.2) is 9.07 Å². The van der Waals surface area contributed by atoms with E-state index in [2.05, 4.69) is 31.1 Å². The zero-order valence-electron chi connectivity index (χ0n) is 10.8. The van der Waals surface area contributed by atoms with Crippen LogP contribution in [0.3, 0.4) is 0 Å². The number of nitrogens with two attached hydrogens (primary N) is 1. The first-order chi connectivity index (χ1) is 8.43. The lowest BCUT2D eigenvalue weighted by molar-refractivity contribution is 0.537. The highest BCUT2D eigenvalue weighted by Gasteiger charge is 2.25. The lowest BCUT2D eigenvalue weighted by atomic mass is 9.90. The van der Waals surface area contributed by atoms with E-state index >= 15 is 0 Å². The van der Waals surface area contributed by atoms with Crippen molar-refractivity contribution in [3.8, 4) is 5.69 Å². The molecule has 0 aliphatic carbocycles. The van der Waals surface area contributed by atoms with Crippen molar-refractivity contribution in [1.29, 1.82) is 0 Å². The summed E-state index contributed by atoms with van der Waals surface area (Å²) in [5.41, 5.74) is 8.07. The summed E-state index contributed by atoms with van der Waals surface area (Å²) in [5, 5.41) is 8.21. The molecule has 1 aromatic carbocycles. The van der Waals surface area contributed by atoms with Gasteiger partial charge in [-0.2, -0.15) is 0 Å². The minimum absolute atomic E-state index is 0.132. The molecule has 1 aromatic heterocycles. The second kappa shape index (κ2) is 4.49. The summed E-state index contributed by atoms with van der Waals surface area (Å²) in [6.45, 7) is 6.56. The summed E-state index contributed by atoms with van der Waals surface area (Å²) in [6, 6.07) is 6.18. The maximum atomic E-state index is 12.9. The fraction of sp³-hybridized carbons (Fsp3) is 0.385. The van der Waals surface area contributed by atoms with E-state index in [1.54, 1.807) is 16.8 Å². The molecule has 0 bridgehead atoms. The standard InChI is InChI=1S/C13H17FN4/c1-13(2,3)12-11(8-15)16-17-18(12)10-6-4-9(14)5-7-10/h4-7H,8,15H2,1-3H3. The molecular weight excluding hydrogens is 231 g/mol. The van der Waals surface area contributed by atoms with Crippen LogP contribution in [0.15, 0.2) is 24.3 Å². The van der Waals surface area contributed by atoms with Gasteiger partial charge in [0.15, 0.2) is 0 Å². The van der Waals surface area contributed by atoms with Gasteiger partial charge < -0.3 is 5.73 Å². The molecule has 0 aliphatic rings. The highest BCUT2D eigenvalue weighted by molar-refractivity contribution is 5.35. The van der Waals surface area contributed by atoms with Crippen molar-refractivity contribution in [2.75, 3.05) is 0 Å². The second-order valence-electron chi connectivity index (χ2n) is 5.23. The molecule has 2 rings (SSSR count). The monoisotopic (exact) mass is 248 g/mol. The highest BCUT2D eigenvalue weighted by atomic mass is 19.1. The highest BCUT2D eigenvalue weighted by Crippen LogP contribution is 2.26. The van der Waals surface area contributed by atoms with E-state index in [4.69, 9.17) is 5.73 Å². The Morgan fingerprint density at radius 2 is 1.83 bits per heavy atom. The fourth-order valence-corrected chi connectivity index (χ4v) is 1.96. The van der Waals surface area contributed by atoms with Gasteiger partial charge in [-0.1, -0.05) is 26.0 Å². The van der Waals surface area contributed by atoms with Crippen LogP contribution in [-0.2, 0) is 12.0 Å². The topological polar surface area (TPSA) is 56.7 Å². The zero-order chi connectivity index (χ0) is 13.3. The normalized spacial score (nSPS) is 11.8. The molecule has 96 valence electrons. The van der Waals surface area contributed by atoms with Gasteiger partial charge in [-0.3, -0.25) is 0 Å². The molecule has 0 atom stereocenters. The Bertz CT molecular complexity index is 537. The van der Waals surface area contributed by atoms with E-state index < -0.39 is 0 Å². The van der Waals surface area contributed by atoms with Crippen molar-refractivity contribution in [2.45, 2.75) is 32.7 Å². The molecule has 0 unspecified atom stereocenters. The molecule has 0 aliphatic heterocycles. The molecule has 4 nitrogen and oxygen atoms in total. The van der Waals surface area contributed by atoms with Crippen LogP contribution >= 0.6 is 0 Å².